The number of nitro groups is 1. The monoisotopic (exact) mass is 256 g/mol. The molecule has 1 aliphatic carbocycles. The Hall–Kier alpha value is -2.30. The first kappa shape index (κ1) is 11.8. The van der Waals surface area contributed by atoms with Crippen molar-refractivity contribution < 1.29 is 9.72 Å². The number of non-ortho nitro benzene ring substituents is 1. The lowest BCUT2D eigenvalue weighted by atomic mass is 10.1. The standard InChI is InChI=1S/C14H12N2O3/c17-14(9-1-2-9)8-11-4-3-10-7-12(16(18)19)5-6-13(10)15-11/h3-7,9H,1-2,8H2. The number of ketones is 1. The number of carbonyl (C=O) groups excluding carboxylic acids is 1. The minimum atomic E-state index is -0.427. The highest BCUT2D eigenvalue weighted by atomic mass is 16.6. The normalized spacial score (nSPS) is 14.5. The Kier molecular flexibility index (Phi) is 2.74. The Labute approximate surface area is 109 Å². The molecule has 5 nitrogen and oxygen atoms in total. The highest BCUT2D eigenvalue weighted by Crippen LogP contribution is 2.31. The Morgan fingerprint density at radius 3 is 2.79 bits per heavy atom. The summed E-state index contributed by atoms with van der Waals surface area (Å²) in [6.45, 7) is 0. The van der Waals surface area contributed by atoms with E-state index in [1.165, 1.54) is 12.1 Å². The number of nitrogens with zero attached hydrogens (tertiary/aromatic N) is 2. The van der Waals surface area contributed by atoms with Crippen LogP contribution in [-0.4, -0.2) is 15.7 Å². The predicted molar refractivity (Wildman–Crippen MR) is 69.8 cm³/mol. The SMILES string of the molecule is O=C(Cc1ccc2cc([N+](=O)[O-])ccc2n1)C1CC1. The van der Waals surface area contributed by atoms with Gasteiger partial charge >= 0.3 is 0 Å². The first-order valence-corrected chi connectivity index (χ1v) is 6.20. The molecule has 2 aromatic rings. The molecule has 3 rings (SSSR count). The van der Waals surface area contributed by atoms with Gasteiger partial charge in [0.1, 0.15) is 5.78 Å². The predicted octanol–water partition coefficient (Wildman–Crippen LogP) is 2.66. The third-order valence-electron chi connectivity index (χ3n) is 3.33. The topological polar surface area (TPSA) is 73.1 Å². The van der Waals surface area contributed by atoms with Gasteiger partial charge < -0.3 is 0 Å². The van der Waals surface area contributed by atoms with Crippen molar-refractivity contribution in [3.63, 3.8) is 0 Å². The van der Waals surface area contributed by atoms with Crippen LogP contribution in [0.15, 0.2) is 30.3 Å². The van der Waals surface area contributed by atoms with Crippen LogP contribution < -0.4 is 0 Å². The van der Waals surface area contributed by atoms with Gasteiger partial charge in [-0.25, -0.2) is 0 Å². The molecule has 0 aliphatic heterocycles. The van der Waals surface area contributed by atoms with E-state index in [4.69, 9.17) is 0 Å². The van der Waals surface area contributed by atoms with E-state index >= 15 is 0 Å². The molecule has 1 saturated carbocycles. The van der Waals surface area contributed by atoms with Gasteiger partial charge in [-0.15, -0.1) is 0 Å². The van der Waals surface area contributed by atoms with Gasteiger partial charge in [0, 0.05) is 35.6 Å². The summed E-state index contributed by atoms with van der Waals surface area (Å²) in [7, 11) is 0. The first-order valence-electron chi connectivity index (χ1n) is 6.20. The molecule has 1 aromatic carbocycles. The molecule has 1 fully saturated rings. The number of hydrogen-bond donors (Lipinski definition) is 0. The van der Waals surface area contributed by atoms with E-state index in [1.54, 1.807) is 18.2 Å². The third kappa shape index (κ3) is 2.45. The van der Waals surface area contributed by atoms with E-state index in [-0.39, 0.29) is 17.4 Å². The van der Waals surface area contributed by atoms with Gasteiger partial charge in [-0.05, 0) is 25.0 Å². The van der Waals surface area contributed by atoms with Crippen molar-refractivity contribution in [2.45, 2.75) is 19.3 Å². The van der Waals surface area contributed by atoms with E-state index in [0.717, 1.165) is 23.9 Å². The van der Waals surface area contributed by atoms with Crippen molar-refractivity contribution in [3.05, 3.63) is 46.1 Å². The zero-order chi connectivity index (χ0) is 13.4. The number of carbonyl (C=O) groups is 1. The number of rotatable bonds is 4. The summed E-state index contributed by atoms with van der Waals surface area (Å²) in [6, 6.07) is 8.10. The lowest BCUT2D eigenvalue weighted by Crippen LogP contribution is -2.06. The third-order valence-corrected chi connectivity index (χ3v) is 3.33. The summed E-state index contributed by atoms with van der Waals surface area (Å²) in [5.74, 6) is 0.475. The second kappa shape index (κ2) is 4.42. The molecule has 0 atom stereocenters. The van der Waals surface area contributed by atoms with Crippen LogP contribution in [0.1, 0.15) is 18.5 Å². The van der Waals surface area contributed by atoms with Crippen LogP contribution in [0.5, 0.6) is 0 Å². The van der Waals surface area contributed by atoms with Crippen LogP contribution >= 0.6 is 0 Å². The second-order valence-corrected chi connectivity index (χ2v) is 4.85. The second-order valence-electron chi connectivity index (χ2n) is 4.85. The Morgan fingerprint density at radius 2 is 2.11 bits per heavy atom. The van der Waals surface area contributed by atoms with Gasteiger partial charge in [0.2, 0.25) is 0 Å². The van der Waals surface area contributed by atoms with Crippen molar-refractivity contribution >= 4 is 22.4 Å². The summed E-state index contributed by atoms with van der Waals surface area (Å²) in [4.78, 5) is 26.4. The lowest BCUT2D eigenvalue weighted by molar-refractivity contribution is -0.384. The van der Waals surface area contributed by atoms with Crippen LogP contribution in [0, 0.1) is 16.0 Å². The van der Waals surface area contributed by atoms with Crippen LogP contribution in [0.25, 0.3) is 10.9 Å². The minimum Gasteiger partial charge on any atom is -0.299 e. The van der Waals surface area contributed by atoms with Gasteiger partial charge in [0.15, 0.2) is 0 Å². The van der Waals surface area contributed by atoms with Gasteiger partial charge in [0.05, 0.1) is 10.4 Å². The molecule has 0 radical (unpaired) electrons. The van der Waals surface area contributed by atoms with Crippen LogP contribution in [0.3, 0.4) is 0 Å². The molecule has 1 heterocycles. The number of aromatic nitrogens is 1. The van der Waals surface area contributed by atoms with E-state index in [0.29, 0.717) is 11.9 Å². The molecular formula is C14H12N2O3. The lowest BCUT2D eigenvalue weighted by Gasteiger charge is -2.02. The Morgan fingerprint density at radius 1 is 1.32 bits per heavy atom. The number of nitro benzene ring substituents is 1. The van der Waals surface area contributed by atoms with Crippen molar-refractivity contribution in [1.29, 1.82) is 0 Å². The highest BCUT2D eigenvalue weighted by molar-refractivity contribution is 5.86. The zero-order valence-corrected chi connectivity index (χ0v) is 10.2. The van der Waals surface area contributed by atoms with Crippen LogP contribution in [0.2, 0.25) is 0 Å². The summed E-state index contributed by atoms with van der Waals surface area (Å²) in [6.07, 6.45) is 2.36. The van der Waals surface area contributed by atoms with Crippen molar-refractivity contribution in [2.75, 3.05) is 0 Å². The molecule has 0 amide bonds. The molecule has 0 N–H and O–H groups in total. The van der Waals surface area contributed by atoms with E-state index in [9.17, 15) is 14.9 Å². The fourth-order valence-electron chi connectivity index (χ4n) is 2.10. The Bertz CT molecular complexity index is 677. The molecular weight excluding hydrogens is 244 g/mol. The average molecular weight is 256 g/mol. The van der Waals surface area contributed by atoms with Crippen LogP contribution in [-0.2, 0) is 11.2 Å². The Balaban J connectivity index is 1.90. The summed E-state index contributed by atoms with van der Waals surface area (Å²) in [5.41, 5.74) is 1.47. The smallest absolute Gasteiger partial charge is 0.270 e. The maximum atomic E-state index is 11.7. The number of fused-ring (bicyclic) bond motifs is 1. The number of hydrogen-bond acceptors (Lipinski definition) is 4. The maximum absolute atomic E-state index is 11.7. The minimum absolute atomic E-state index is 0.0520. The number of benzene rings is 1. The zero-order valence-electron chi connectivity index (χ0n) is 10.2. The molecule has 0 unspecified atom stereocenters. The van der Waals surface area contributed by atoms with Crippen molar-refractivity contribution in [3.8, 4) is 0 Å². The van der Waals surface area contributed by atoms with Crippen LogP contribution in [0.4, 0.5) is 5.69 Å². The van der Waals surface area contributed by atoms with E-state index < -0.39 is 4.92 Å². The molecule has 0 spiro atoms. The first-order chi connectivity index (χ1) is 9.13. The molecule has 96 valence electrons. The fourth-order valence-corrected chi connectivity index (χ4v) is 2.10. The number of Topliss-reactive ketones (excluding diaryl/α,β-unsaturated/α-hetero) is 1. The molecule has 0 saturated heterocycles. The van der Waals surface area contributed by atoms with Crippen molar-refractivity contribution in [2.24, 2.45) is 5.92 Å². The maximum Gasteiger partial charge on any atom is 0.270 e. The fraction of sp³-hybridized carbons (Fsp3) is 0.286. The van der Waals surface area contributed by atoms with Crippen molar-refractivity contribution in [1.82, 2.24) is 4.98 Å². The average Bonchev–Trinajstić information content (AvgIpc) is 3.22. The largest absolute Gasteiger partial charge is 0.299 e. The summed E-state index contributed by atoms with van der Waals surface area (Å²) in [5, 5.41) is 11.4. The van der Waals surface area contributed by atoms with Gasteiger partial charge in [-0.2, -0.15) is 0 Å². The van der Waals surface area contributed by atoms with E-state index in [2.05, 4.69) is 4.98 Å². The molecule has 19 heavy (non-hydrogen) atoms. The van der Waals surface area contributed by atoms with Gasteiger partial charge in [-0.1, -0.05) is 6.07 Å². The highest BCUT2D eigenvalue weighted by Gasteiger charge is 2.29. The van der Waals surface area contributed by atoms with E-state index in [1.807, 2.05) is 0 Å². The van der Waals surface area contributed by atoms with Gasteiger partial charge in [0.25, 0.3) is 5.69 Å². The van der Waals surface area contributed by atoms with Gasteiger partial charge in [-0.3, -0.25) is 19.9 Å². The molecule has 5 heteroatoms. The summed E-state index contributed by atoms with van der Waals surface area (Å²) < 4.78 is 0. The molecule has 0 bridgehead atoms. The molecule has 1 aliphatic rings. The quantitative estimate of drug-likeness (QED) is 0.622. The summed E-state index contributed by atoms with van der Waals surface area (Å²) >= 11 is 0. The number of pyridine rings is 1. The molecule has 1 aromatic heterocycles.